The van der Waals surface area contributed by atoms with Crippen molar-refractivity contribution < 1.29 is 14.3 Å². The van der Waals surface area contributed by atoms with E-state index in [-0.39, 0.29) is 15.6 Å². The smallest absolute Gasteiger partial charge is 0.328 e. The fourth-order valence-electron chi connectivity index (χ4n) is 0.831. The monoisotopic (exact) mass is 234 g/mol. The number of carboxylic acid groups (broad SMARTS) is 1. The average Bonchev–Trinajstić information content (AvgIpc) is 2.13. The SMILES string of the molecule is O=C(O)/C=C/c1ccc(Cl)c(Cl)c1F. The highest BCUT2D eigenvalue weighted by atomic mass is 35.5. The predicted octanol–water partition coefficient (Wildman–Crippen LogP) is 3.23. The van der Waals surface area contributed by atoms with Gasteiger partial charge in [-0.25, -0.2) is 9.18 Å². The van der Waals surface area contributed by atoms with Gasteiger partial charge in [0.25, 0.3) is 0 Å². The summed E-state index contributed by atoms with van der Waals surface area (Å²) in [5.41, 5.74) is 0.0850. The highest BCUT2D eigenvalue weighted by molar-refractivity contribution is 6.42. The Morgan fingerprint density at radius 1 is 1.43 bits per heavy atom. The summed E-state index contributed by atoms with van der Waals surface area (Å²) in [4.78, 5) is 10.2. The Hall–Kier alpha value is -1.06. The van der Waals surface area contributed by atoms with Crippen LogP contribution in [0.5, 0.6) is 0 Å². The Balaban J connectivity index is 3.12. The second-order valence-corrected chi connectivity index (χ2v) is 3.22. The topological polar surface area (TPSA) is 37.3 Å². The molecule has 74 valence electrons. The van der Waals surface area contributed by atoms with E-state index >= 15 is 0 Å². The highest BCUT2D eigenvalue weighted by Crippen LogP contribution is 2.27. The maximum absolute atomic E-state index is 13.3. The van der Waals surface area contributed by atoms with Crippen molar-refractivity contribution in [2.75, 3.05) is 0 Å². The van der Waals surface area contributed by atoms with Gasteiger partial charge in [-0.2, -0.15) is 0 Å². The highest BCUT2D eigenvalue weighted by Gasteiger charge is 2.08. The number of carboxylic acids is 1. The Morgan fingerprint density at radius 2 is 2.07 bits per heavy atom. The zero-order valence-corrected chi connectivity index (χ0v) is 8.31. The van der Waals surface area contributed by atoms with Crippen molar-refractivity contribution in [2.45, 2.75) is 0 Å². The third-order valence-corrected chi connectivity index (χ3v) is 2.25. The molecule has 0 fully saturated rings. The van der Waals surface area contributed by atoms with E-state index < -0.39 is 11.8 Å². The van der Waals surface area contributed by atoms with Gasteiger partial charge in [-0.3, -0.25) is 0 Å². The molecule has 0 amide bonds. The molecule has 0 atom stereocenters. The van der Waals surface area contributed by atoms with Gasteiger partial charge >= 0.3 is 5.97 Å². The van der Waals surface area contributed by atoms with Crippen LogP contribution < -0.4 is 0 Å². The lowest BCUT2D eigenvalue weighted by molar-refractivity contribution is -0.131. The summed E-state index contributed by atoms with van der Waals surface area (Å²) in [5, 5.41) is 8.21. The van der Waals surface area contributed by atoms with Gasteiger partial charge in [0.2, 0.25) is 0 Å². The fraction of sp³-hybridized carbons (Fsp3) is 0. The molecular formula is C9H5Cl2FO2. The largest absolute Gasteiger partial charge is 0.478 e. The normalized spacial score (nSPS) is 10.8. The summed E-state index contributed by atoms with van der Waals surface area (Å²) in [6, 6.07) is 2.75. The zero-order chi connectivity index (χ0) is 10.7. The van der Waals surface area contributed by atoms with E-state index in [1.165, 1.54) is 12.1 Å². The van der Waals surface area contributed by atoms with Gasteiger partial charge in [0, 0.05) is 11.6 Å². The summed E-state index contributed by atoms with van der Waals surface area (Å²) in [6.45, 7) is 0. The summed E-state index contributed by atoms with van der Waals surface area (Å²) < 4.78 is 13.3. The van der Waals surface area contributed by atoms with E-state index in [2.05, 4.69) is 0 Å². The molecule has 0 radical (unpaired) electrons. The molecule has 0 aliphatic heterocycles. The molecule has 0 saturated heterocycles. The lowest BCUT2D eigenvalue weighted by Crippen LogP contribution is -1.88. The van der Waals surface area contributed by atoms with E-state index in [9.17, 15) is 9.18 Å². The van der Waals surface area contributed by atoms with Crippen molar-refractivity contribution >= 4 is 35.2 Å². The first-order chi connectivity index (χ1) is 6.52. The molecule has 0 unspecified atom stereocenters. The van der Waals surface area contributed by atoms with Crippen LogP contribution in [0.25, 0.3) is 6.08 Å². The standard InChI is InChI=1S/C9H5Cl2FO2/c10-6-3-1-5(2-4-7(13)14)9(12)8(6)11/h1-4H,(H,13,14)/b4-2+. The molecule has 2 nitrogen and oxygen atoms in total. The zero-order valence-electron chi connectivity index (χ0n) is 6.80. The molecule has 14 heavy (non-hydrogen) atoms. The molecular weight excluding hydrogens is 230 g/mol. The van der Waals surface area contributed by atoms with Crippen molar-refractivity contribution in [3.63, 3.8) is 0 Å². The summed E-state index contributed by atoms with van der Waals surface area (Å²) in [7, 11) is 0. The molecule has 1 N–H and O–H groups in total. The van der Waals surface area contributed by atoms with Crippen LogP contribution in [-0.4, -0.2) is 11.1 Å². The Morgan fingerprint density at radius 3 is 2.64 bits per heavy atom. The van der Waals surface area contributed by atoms with Crippen LogP contribution in [-0.2, 0) is 4.79 Å². The van der Waals surface area contributed by atoms with Crippen LogP contribution in [0.15, 0.2) is 18.2 Å². The van der Waals surface area contributed by atoms with Gasteiger partial charge in [-0.15, -0.1) is 0 Å². The molecule has 0 aliphatic carbocycles. The maximum atomic E-state index is 13.3. The van der Waals surface area contributed by atoms with Crippen molar-refractivity contribution in [1.29, 1.82) is 0 Å². The van der Waals surface area contributed by atoms with Crippen LogP contribution in [0.4, 0.5) is 4.39 Å². The second-order valence-electron chi connectivity index (χ2n) is 2.44. The third kappa shape index (κ3) is 2.47. The van der Waals surface area contributed by atoms with Gasteiger partial charge in [-0.1, -0.05) is 29.3 Å². The molecule has 0 spiro atoms. The molecule has 1 rings (SSSR count). The number of carbonyl (C=O) groups is 1. The summed E-state index contributed by atoms with van der Waals surface area (Å²) in [6.07, 6.45) is 1.93. The number of hydrogen-bond acceptors (Lipinski definition) is 1. The average molecular weight is 235 g/mol. The van der Waals surface area contributed by atoms with Crippen LogP contribution >= 0.6 is 23.2 Å². The molecule has 0 heterocycles. The Labute approximate surface area is 89.6 Å². The maximum Gasteiger partial charge on any atom is 0.328 e. The second kappa shape index (κ2) is 4.44. The van der Waals surface area contributed by atoms with E-state index in [4.69, 9.17) is 28.3 Å². The molecule has 1 aromatic carbocycles. The van der Waals surface area contributed by atoms with Gasteiger partial charge in [0.1, 0.15) is 0 Å². The number of aliphatic carboxylic acids is 1. The molecule has 1 aromatic rings. The summed E-state index contributed by atoms with van der Waals surface area (Å²) in [5.74, 6) is -1.88. The number of rotatable bonds is 2. The van der Waals surface area contributed by atoms with Crippen LogP contribution in [0.3, 0.4) is 0 Å². The molecule has 0 aliphatic rings. The van der Waals surface area contributed by atoms with Gasteiger partial charge in [-0.05, 0) is 12.1 Å². The predicted molar refractivity (Wildman–Crippen MR) is 53.1 cm³/mol. The van der Waals surface area contributed by atoms with E-state index in [1.54, 1.807) is 0 Å². The van der Waals surface area contributed by atoms with E-state index in [1.807, 2.05) is 0 Å². The quantitative estimate of drug-likeness (QED) is 0.631. The number of halogens is 3. The van der Waals surface area contributed by atoms with Crippen LogP contribution in [0.1, 0.15) is 5.56 Å². The minimum atomic E-state index is -1.16. The van der Waals surface area contributed by atoms with E-state index in [0.29, 0.717) is 0 Å². The first-order valence-electron chi connectivity index (χ1n) is 3.57. The molecule has 5 heteroatoms. The van der Waals surface area contributed by atoms with Crippen molar-refractivity contribution in [3.8, 4) is 0 Å². The van der Waals surface area contributed by atoms with Crippen LogP contribution in [0.2, 0.25) is 10.0 Å². The van der Waals surface area contributed by atoms with Gasteiger partial charge in [0.15, 0.2) is 5.82 Å². The van der Waals surface area contributed by atoms with Gasteiger partial charge in [0.05, 0.1) is 10.0 Å². The minimum Gasteiger partial charge on any atom is -0.478 e. The third-order valence-electron chi connectivity index (χ3n) is 1.47. The molecule has 0 aromatic heterocycles. The molecule has 0 saturated carbocycles. The minimum absolute atomic E-state index is 0.0850. The first-order valence-corrected chi connectivity index (χ1v) is 4.32. The van der Waals surface area contributed by atoms with Crippen molar-refractivity contribution in [3.05, 3.63) is 39.6 Å². The van der Waals surface area contributed by atoms with Crippen LogP contribution in [0, 0.1) is 5.82 Å². The van der Waals surface area contributed by atoms with E-state index in [0.717, 1.165) is 12.2 Å². The van der Waals surface area contributed by atoms with Crippen molar-refractivity contribution in [1.82, 2.24) is 0 Å². The molecule has 0 bridgehead atoms. The first kappa shape index (κ1) is 11.0. The van der Waals surface area contributed by atoms with Crippen molar-refractivity contribution in [2.24, 2.45) is 0 Å². The van der Waals surface area contributed by atoms with Gasteiger partial charge < -0.3 is 5.11 Å². The number of hydrogen-bond donors (Lipinski definition) is 1. The fourth-order valence-corrected chi connectivity index (χ4v) is 1.15. The lowest BCUT2D eigenvalue weighted by atomic mass is 10.2. The lowest BCUT2D eigenvalue weighted by Gasteiger charge is -2.00. The Kier molecular flexibility index (Phi) is 3.49. The summed E-state index contributed by atoms with van der Waals surface area (Å²) >= 11 is 11.0. The Bertz CT molecular complexity index is 402. The number of benzene rings is 1.